The van der Waals surface area contributed by atoms with Crippen molar-refractivity contribution in [1.29, 1.82) is 0 Å². The molecule has 0 saturated carbocycles. The number of carbonyl (C=O) groups excluding carboxylic acids is 1. The van der Waals surface area contributed by atoms with E-state index in [-0.39, 0.29) is 18.0 Å². The monoisotopic (exact) mass is 739 g/mol. The van der Waals surface area contributed by atoms with Crippen LogP contribution in [0.25, 0.3) is 54.2 Å². The maximum Gasteiger partial charge on any atom is 0.266 e. The van der Waals surface area contributed by atoms with E-state index in [1.165, 1.54) is 21.9 Å². The van der Waals surface area contributed by atoms with Crippen LogP contribution >= 0.6 is 34.7 Å². The number of rotatable bonds is 9. The fourth-order valence-electron chi connectivity index (χ4n) is 6.20. The van der Waals surface area contributed by atoms with Crippen LogP contribution in [0.5, 0.6) is 0 Å². The van der Waals surface area contributed by atoms with E-state index >= 15 is 0 Å². The number of nitrogens with one attached hydrogen (secondary N) is 1. The van der Waals surface area contributed by atoms with Crippen molar-refractivity contribution < 1.29 is 4.79 Å². The number of thiazole rings is 1. The highest BCUT2D eigenvalue weighted by Crippen LogP contribution is 2.40. The number of hydrogen-bond donors (Lipinski definition) is 1. The Morgan fingerprint density at radius 3 is 2.42 bits per heavy atom. The molecule has 256 valence electrons. The lowest BCUT2D eigenvalue weighted by atomic mass is 10.0. The van der Waals surface area contributed by atoms with E-state index in [0.29, 0.717) is 44.2 Å². The number of benzene rings is 4. The molecule has 0 unspecified atom stereocenters. The van der Waals surface area contributed by atoms with Crippen LogP contribution in [0, 0.1) is 6.92 Å². The highest BCUT2D eigenvalue weighted by atomic mass is 35.5. The maximum atomic E-state index is 14.7. The zero-order valence-electron chi connectivity index (χ0n) is 28.1. The van der Waals surface area contributed by atoms with Gasteiger partial charge in [0.15, 0.2) is 11.0 Å². The van der Waals surface area contributed by atoms with E-state index in [0.717, 1.165) is 37.3 Å². The Morgan fingerprint density at radius 2 is 1.65 bits per heavy atom. The molecule has 4 aromatic carbocycles. The molecule has 0 aliphatic carbocycles. The Morgan fingerprint density at radius 1 is 0.865 bits per heavy atom. The molecule has 0 aliphatic rings. The molecule has 1 amide bonds. The number of nitrogens with zero attached hydrogens (tertiary/aromatic N) is 6. The fourth-order valence-corrected chi connectivity index (χ4v) is 8.56. The number of fused-ring (bicyclic) bond motifs is 2. The van der Waals surface area contributed by atoms with Gasteiger partial charge < -0.3 is 9.88 Å². The number of pyridine rings is 2. The number of amides is 1. The van der Waals surface area contributed by atoms with Crippen molar-refractivity contribution in [2.24, 2.45) is 0 Å². The van der Waals surface area contributed by atoms with Crippen LogP contribution in [-0.2, 0) is 17.9 Å². The average molecular weight is 740 g/mol. The molecule has 4 aromatic heterocycles. The van der Waals surface area contributed by atoms with Gasteiger partial charge in [0, 0.05) is 51.7 Å². The molecule has 12 heteroatoms. The first kappa shape index (κ1) is 33.5. The standard InChI is InChI=1S/C40H30ClN7O2S2/c1-3-47-37(26-17-19-42-20-18-26)45-46-40(47)52-36-35(25-7-5-4-6-8-25)30-22-28(41)12-16-32(30)48(39(36)50)23-34(49)43-29-13-10-27(11-14-29)38-44-31-15-9-24(2)21-33(31)51-38/h4-22H,3,23H2,1-2H3,(H,43,49). The fraction of sp³-hybridized carbons (Fsp3) is 0.100. The lowest BCUT2D eigenvalue weighted by Crippen LogP contribution is -2.29. The van der Waals surface area contributed by atoms with Crippen molar-refractivity contribution in [3.63, 3.8) is 0 Å². The van der Waals surface area contributed by atoms with Gasteiger partial charge in [0.1, 0.15) is 11.6 Å². The number of carbonyl (C=O) groups is 1. The number of halogens is 1. The summed E-state index contributed by atoms with van der Waals surface area (Å²) in [6.45, 7) is 4.42. The van der Waals surface area contributed by atoms with Crippen molar-refractivity contribution in [2.45, 2.75) is 37.0 Å². The number of aryl methyl sites for hydroxylation is 1. The molecule has 1 N–H and O–H groups in total. The minimum atomic E-state index is -0.346. The zero-order chi connectivity index (χ0) is 35.8. The highest BCUT2D eigenvalue weighted by molar-refractivity contribution is 7.99. The molecule has 52 heavy (non-hydrogen) atoms. The second-order valence-corrected chi connectivity index (χ2v) is 14.6. The van der Waals surface area contributed by atoms with Gasteiger partial charge in [-0.25, -0.2) is 4.98 Å². The smallest absolute Gasteiger partial charge is 0.266 e. The second-order valence-electron chi connectivity index (χ2n) is 12.1. The van der Waals surface area contributed by atoms with Crippen LogP contribution in [-0.4, -0.2) is 35.2 Å². The summed E-state index contributed by atoms with van der Waals surface area (Å²) in [5, 5.41) is 14.7. The number of hydrogen-bond acceptors (Lipinski definition) is 8. The Labute approximate surface area is 312 Å². The average Bonchev–Trinajstić information content (AvgIpc) is 3.78. The van der Waals surface area contributed by atoms with Gasteiger partial charge in [-0.3, -0.25) is 19.1 Å². The summed E-state index contributed by atoms with van der Waals surface area (Å²) in [6.07, 6.45) is 3.41. The maximum absolute atomic E-state index is 14.7. The van der Waals surface area contributed by atoms with Gasteiger partial charge in [0.2, 0.25) is 5.91 Å². The summed E-state index contributed by atoms with van der Waals surface area (Å²) in [5.41, 5.74) is 6.39. The largest absolute Gasteiger partial charge is 0.325 e. The summed E-state index contributed by atoms with van der Waals surface area (Å²) >= 11 is 9.46. The normalized spacial score (nSPS) is 11.4. The van der Waals surface area contributed by atoms with Crippen molar-refractivity contribution in [3.05, 3.63) is 136 Å². The summed E-state index contributed by atoms with van der Waals surface area (Å²) in [7, 11) is 0. The first-order valence-electron chi connectivity index (χ1n) is 16.6. The van der Waals surface area contributed by atoms with Crippen molar-refractivity contribution in [1.82, 2.24) is 29.3 Å². The minimum absolute atomic E-state index is 0.221. The van der Waals surface area contributed by atoms with Crippen LogP contribution in [0.3, 0.4) is 0 Å². The lowest BCUT2D eigenvalue weighted by Gasteiger charge is -2.18. The minimum Gasteiger partial charge on any atom is -0.325 e. The Balaban J connectivity index is 1.16. The van der Waals surface area contributed by atoms with Crippen LogP contribution in [0.2, 0.25) is 5.02 Å². The molecule has 0 fully saturated rings. The first-order chi connectivity index (χ1) is 25.4. The molecule has 0 atom stereocenters. The van der Waals surface area contributed by atoms with E-state index in [1.54, 1.807) is 35.9 Å². The van der Waals surface area contributed by atoms with E-state index < -0.39 is 0 Å². The first-order valence-corrected chi connectivity index (χ1v) is 18.6. The van der Waals surface area contributed by atoms with Crippen LogP contribution in [0.4, 0.5) is 5.69 Å². The molecule has 9 nitrogen and oxygen atoms in total. The third-order valence-electron chi connectivity index (χ3n) is 8.67. The summed E-state index contributed by atoms with van der Waals surface area (Å²) in [5.74, 6) is 0.322. The van der Waals surface area contributed by atoms with E-state index in [9.17, 15) is 9.59 Å². The van der Waals surface area contributed by atoms with E-state index in [4.69, 9.17) is 16.6 Å². The van der Waals surface area contributed by atoms with Crippen molar-refractivity contribution in [3.8, 4) is 33.1 Å². The van der Waals surface area contributed by atoms with Crippen LogP contribution in [0.15, 0.2) is 130 Å². The zero-order valence-corrected chi connectivity index (χ0v) is 30.5. The molecular formula is C40H30ClN7O2S2. The SMILES string of the molecule is CCn1c(Sc2c(-c3ccccc3)c3cc(Cl)ccc3n(CC(=O)Nc3ccc(-c4nc5ccc(C)cc5s4)cc3)c2=O)nnc1-c1ccncc1. The molecule has 8 aromatic rings. The van der Waals surface area contributed by atoms with Crippen LogP contribution < -0.4 is 10.9 Å². The topological polar surface area (TPSA) is 108 Å². The van der Waals surface area contributed by atoms with Gasteiger partial charge in [-0.1, -0.05) is 48.0 Å². The second kappa shape index (κ2) is 14.2. The Hall–Kier alpha value is -5.62. The van der Waals surface area contributed by atoms with Gasteiger partial charge in [-0.05, 0) is 103 Å². The number of aromatic nitrogens is 6. The molecule has 0 bridgehead atoms. The molecule has 8 rings (SSSR count). The van der Waals surface area contributed by atoms with Gasteiger partial charge in [0.25, 0.3) is 5.56 Å². The Kier molecular flexibility index (Phi) is 9.14. The molecule has 0 radical (unpaired) electrons. The predicted octanol–water partition coefficient (Wildman–Crippen LogP) is 9.37. The summed E-state index contributed by atoms with van der Waals surface area (Å²) in [6, 6.07) is 32.6. The molecular weight excluding hydrogens is 710 g/mol. The molecule has 0 saturated heterocycles. The van der Waals surface area contributed by atoms with Gasteiger partial charge >= 0.3 is 0 Å². The number of anilines is 1. The van der Waals surface area contributed by atoms with Gasteiger partial charge in [0.05, 0.1) is 20.6 Å². The highest BCUT2D eigenvalue weighted by Gasteiger charge is 2.24. The third kappa shape index (κ3) is 6.50. The lowest BCUT2D eigenvalue weighted by molar-refractivity contribution is -0.116. The van der Waals surface area contributed by atoms with E-state index in [2.05, 4.69) is 39.6 Å². The molecule has 4 heterocycles. The van der Waals surface area contributed by atoms with Crippen molar-refractivity contribution in [2.75, 3.05) is 5.32 Å². The molecule has 0 aliphatic heterocycles. The van der Waals surface area contributed by atoms with Gasteiger partial charge in [-0.15, -0.1) is 21.5 Å². The quantitative estimate of drug-likeness (QED) is 0.157. The van der Waals surface area contributed by atoms with Crippen molar-refractivity contribution >= 4 is 67.4 Å². The summed E-state index contributed by atoms with van der Waals surface area (Å²) in [4.78, 5) is 37.7. The van der Waals surface area contributed by atoms with Gasteiger partial charge in [-0.2, -0.15) is 0 Å². The predicted molar refractivity (Wildman–Crippen MR) is 210 cm³/mol. The summed E-state index contributed by atoms with van der Waals surface area (Å²) < 4.78 is 4.60. The Bertz CT molecular complexity index is 2660. The van der Waals surface area contributed by atoms with Crippen LogP contribution in [0.1, 0.15) is 12.5 Å². The third-order valence-corrected chi connectivity index (χ3v) is 11.0. The van der Waals surface area contributed by atoms with E-state index in [1.807, 2.05) is 90.4 Å². The molecule has 0 spiro atoms.